The van der Waals surface area contributed by atoms with Crippen LogP contribution >= 0.6 is 11.8 Å². The zero-order valence-corrected chi connectivity index (χ0v) is 12.3. The first-order valence-electron chi connectivity index (χ1n) is 6.56. The number of hydrogen-bond donors (Lipinski definition) is 1. The highest BCUT2D eigenvalue weighted by molar-refractivity contribution is 7.99. The third kappa shape index (κ3) is 2.82. The number of nitrogens with zero attached hydrogens (tertiary/aromatic N) is 3. The lowest BCUT2D eigenvalue weighted by molar-refractivity contribution is -0.116. The monoisotopic (exact) mass is 302 g/mol. The molecular formula is C14H14N4O2S. The number of carbonyl (C=O) groups is 1. The summed E-state index contributed by atoms with van der Waals surface area (Å²) in [5.74, 6) is 0.557. The molecule has 0 aliphatic carbocycles. The summed E-state index contributed by atoms with van der Waals surface area (Å²) in [5.41, 5.74) is 1.19. The summed E-state index contributed by atoms with van der Waals surface area (Å²) < 4.78 is 1.63. The van der Waals surface area contributed by atoms with Gasteiger partial charge in [0, 0.05) is 30.1 Å². The molecule has 0 radical (unpaired) electrons. The SMILES string of the molecule is Cc1cnc2n(c1=O)C(CC(=O)Nc1cccnc1)CS2. The van der Waals surface area contributed by atoms with Gasteiger partial charge in [0.25, 0.3) is 5.56 Å². The summed E-state index contributed by atoms with van der Waals surface area (Å²) in [6.45, 7) is 1.73. The molecule has 108 valence electrons. The second kappa shape index (κ2) is 5.69. The van der Waals surface area contributed by atoms with Crippen molar-refractivity contribution in [2.75, 3.05) is 11.1 Å². The van der Waals surface area contributed by atoms with E-state index in [1.54, 1.807) is 42.2 Å². The van der Waals surface area contributed by atoms with Gasteiger partial charge in [0.2, 0.25) is 5.91 Å². The van der Waals surface area contributed by atoms with Gasteiger partial charge >= 0.3 is 0 Å². The molecule has 1 amide bonds. The fourth-order valence-corrected chi connectivity index (χ4v) is 3.34. The van der Waals surface area contributed by atoms with Crippen LogP contribution in [0.15, 0.2) is 40.7 Å². The quantitative estimate of drug-likeness (QED) is 0.872. The van der Waals surface area contributed by atoms with Gasteiger partial charge in [-0.25, -0.2) is 4.98 Å². The smallest absolute Gasteiger partial charge is 0.257 e. The zero-order chi connectivity index (χ0) is 14.8. The minimum absolute atomic E-state index is 0.0656. The molecule has 0 saturated carbocycles. The van der Waals surface area contributed by atoms with E-state index in [2.05, 4.69) is 15.3 Å². The first-order valence-corrected chi connectivity index (χ1v) is 7.54. The number of hydrogen-bond acceptors (Lipinski definition) is 5. The Hall–Kier alpha value is -2.15. The van der Waals surface area contributed by atoms with Crippen LogP contribution in [-0.4, -0.2) is 26.2 Å². The molecule has 1 aliphatic heterocycles. The number of thioether (sulfide) groups is 1. The number of fused-ring (bicyclic) bond motifs is 1. The molecule has 7 heteroatoms. The van der Waals surface area contributed by atoms with E-state index in [-0.39, 0.29) is 23.9 Å². The van der Waals surface area contributed by atoms with Gasteiger partial charge in [-0.15, -0.1) is 0 Å². The molecule has 3 rings (SSSR count). The number of rotatable bonds is 3. The maximum absolute atomic E-state index is 12.2. The molecule has 6 nitrogen and oxygen atoms in total. The highest BCUT2D eigenvalue weighted by Gasteiger charge is 2.27. The number of pyridine rings is 1. The number of amides is 1. The largest absolute Gasteiger partial charge is 0.325 e. The number of nitrogens with one attached hydrogen (secondary N) is 1. The van der Waals surface area contributed by atoms with E-state index in [1.165, 1.54) is 11.8 Å². The standard InChI is InChI=1S/C14H14N4O2S/c1-9-6-16-14-18(13(9)20)11(8-21-14)5-12(19)17-10-3-2-4-15-7-10/h2-4,6-7,11H,5,8H2,1H3,(H,17,19). The molecule has 1 atom stereocenters. The lowest BCUT2D eigenvalue weighted by Gasteiger charge is -2.13. The lowest BCUT2D eigenvalue weighted by atomic mass is 10.2. The van der Waals surface area contributed by atoms with Crippen LogP contribution in [0.25, 0.3) is 0 Å². The van der Waals surface area contributed by atoms with E-state index in [0.717, 1.165) is 0 Å². The van der Waals surface area contributed by atoms with Gasteiger partial charge in [-0.1, -0.05) is 11.8 Å². The van der Waals surface area contributed by atoms with Crippen LogP contribution in [0.3, 0.4) is 0 Å². The normalized spacial score (nSPS) is 16.5. The van der Waals surface area contributed by atoms with E-state index in [1.807, 2.05) is 0 Å². The lowest BCUT2D eigenvalue weighted by Crippen LogP contribution is -2.28. The Bertz CT molecular complexity index is 729. The summed E-state index contributed by atoms with van der Waals surface area (Å²) in [6.07, 6.45) is 5.07. The van der Waals surface area contributed by atoms with Gasteiger partial charge in [0.05, 0.1) is 17.9 Å². The second-order valence-electron chi connectivity index (χ2n) is 4.86. The molecule has 1 unspecified atom stereocenters. The van der Waals surface area contributed by atoms with Crippen LogP contribution in [0.5, 0.6) is 0 Å². The molecule has 0 saturated heterocycles. The Morgan fingerprint density at radius 3 is 3.14 bits per heavy atom. The Morgan fingerprint density at radius 1 is 1.52 bits per heavy atom. The van der Waals surface area contributed by atoms with Crippen molar-refractivity contribution in [1.29, 1.82) is 0 Å². The fraction of sp³-hybridized carbons (Fsp3) is 0.286. The molecule has 3 heterocycles. The van der Waals surface area contributed by atoms with Crippen LogP contribution in [0.2, 0.25) is 0 Å². The van der Waals surface area contributed by atoms with Gasteiger partial charge < -0.3 is 5.32 Å². The van der Waals surface area contributed by atoms with Gasteiger partial charge in [-0.3, -0.25) is 19.1 Å². The Labute approximate surface area is 125 Å². The van der Waals surface area contributed by atoms with Gasteiger partial charge in [0.15, 0.2) is 5.16 Å². The molecule has 0 spiro atoms. The Morgan fingerprint density at radius 2 is 2.38 bits per heavy atom. The number of anilines is 1. The molecule has 0 fully saturated rings. The van der Waals surface area contributed by atoms with E-state index < -0.39 is 0 Å². The Balaban J connectivity index is 1.75. The molecule has 0 bridgehead atoms. The number of aromatic nitrogens is 3. The topological polar surface area (TPSA) is 76.9 Å². The highest BCUT2D eigenvalue weighted by atomic mass is 32.2. The average molecular weight is 302 g/mol. The zero-order valence-electron chi connectivity index (χ0n) is 11.4. The van der Waals surface area contributed by atoms with Gasteiger partial charge in [-0.2, -0.15) is 0 Å². The predicted octanol–water partition coefficient (Wildman–Crippen LogP) is 1.62. The van der Waals surface area contributed by atoms with E-state index in [9.17, 15) is 9.59 Å². The molecule has 2 aromatic rings. The summed E-state index contributed by atoms with van der Waals surface area (Å²) in [6, 6.07) is 3.38. The van der Waals surface area contributed by atoms with E-state index in [0.29, 0.717) is 22.2 Å². The van der Waals surface area contributed by atoms with Crippen molar-refractivity contribution in [3.05, 3.63) is 46.6 Å². The first kappa shape index (κ1) is 13.8. The van der Waals surface area contributed by atoms with Gasteiger partial charge in [-0.05, 0) is 19.1 Å². The van der Waals surface area contributed by atoms with E-state index in [4.69, 9.17) is 0 Å². The van der Waals surface area contributed by atoms with Crippen molar-refractivity contribution in [1.82, 2.24) is 14.5 Å². The summed E-state index contributed by atoms with van der Waals surface area (Å²) in [5, 5.41) is 3.47. The van der Waals surface area contributed by atoms with Crippen LogP contribution in [-0.2, 0) is 4.79 Å². The van der Waals surface area contributed by atoms with Gasteiger partial charge in [0.1, 0.15) is 0 Å². The minimum Gasteiger partial charge on any atom is -0.325 e. The fourth-order valence-electron chi connectivity index (χ4n) is 2.23. The summed E-state index contributed by atoms with van der Waals surface area (Å²) in [4.78, 5) is 32.5. The summed E-state index contributed by atoms with van der Waals surface area (Å²) >= 11 is 1.51. The average Bonchev–Trinajstić information content (AvgIpc) is 2.87. The predicted molar refractivity (Wildman–Crippen MR) is 80.5 cm³/mol. The third-order valence-corrected chi connectivity index (χ3v) is 4.38. The first-order chi connectivity index (χ1) is 10.1. The van der Waals surface area contributed by atoms with E-state index >= 15 is 0 Å². The summed E-state index contributed by atoms with van der Waals surface area (Å²) in [7, 11) is 0. The molecule has 0 aromatic carbocycles. The minimum atomic E-state index is -0.151. The maximum Gasteiger partial charge on any atom is 0.257 e. The highest BCUT2D eigenvalue weighted by Crippen LogP contribution is 2.31. The number of aryl methyl sites for hydroxylation is 1. The number of carbonyl (C=O) groups excluding carboxylic acids is 1. The van der Waals surface area contributed by atoms with Crippen LogP contribution < -0.4 is 10.9 Å². The molecule has 21 heavy (non-hydrogen) atoms. The maximum atomic E-state index is 12.2. The Kier molecular flexibility index (Phi) is 3.74. The molecular weight excluding hydrogens is 288 g/mol. The van der Waals surface area contributed by atoms with Crippen molar-refractivity contribution in [2.24, 2.45) is 0 Å². The third-order valence-electron chi connectivity index (χ3n) is 3.27. The van der Waals surface area contributed by atoms with Crippen molar-refractivity contribution in [3.63, 3.8) is 0 Å². The second-order valence-corrected chi connectivity index (χ2v) is 5.84. The molecule has 1 N–H and O–H groups in total. The van der Waals surface area contributed by atoms with Crippen LogP contribution in [0.4, 0.5) is 5.69 Å². The van der Waals surface area contributed by atoms with Crippen LogP contribution in [0.1, 0.15) is 18.0 Å². The van der Waals surface area contributed by atoms with Crippen molar-refractivity contribution in [2.45, 2.75) is 24.5 Å². The van der Waals surface area contributed by atoms with Crippen molar-refractivity contribution >= 4 is 23.4 Å². The molecule has 2 aromatic heterocycles. The van der Waals surface area contributed by atoms with Crippen molar-refractivity contribution in [3.8, 4) is 0 Å². The molecule has 1 aliphatic rings. The van der Waals surface area contributed by atoms with Crippen LogP contribution in [0, 0.1) is 6.92 Å². The van der Waals surface area contributed by atoms with Crippen molar-refractivity contribution < 1.29 is 4.79 Å².